The van der Waals surface area contributed by atoms with Crippen LogP contribution in [0.3, 0.4) is 0 Å². The van der Waals surface area contributed by atoms with Crippen LogP contribution >= 0.6 is 0 Å². The molecule has 0 spiro atoms. The van der Waals surface area contributed by atoms with Crippen molar-refractivity contribution in [3.63, 3.8) is 0 Å². The van der Waals surface area contributed by atoms with Gasteiger partial charge in [-0.2, -0.15) is 0 Å². The van der Waals surface area contributed by atoms with Gasteiger partial charge in [-0.1, -0.05) is 0 Å². The molecule has 1 aromatic heterocycles. The molecule has 1 heterocycles. The maximum absolute atomic E-state index is 11.5. The third kappa shape index (κ3) is 2.90. The molecular formula is C9H10N4O5. The highest BCUT2D eigenvalue weighted by molar-refractivity contribution is 5.95. The molecule has 18 heavy (non-hydrogen) atoms. The summed E-state index contributed by atoms with van der Waals surface area (Å²) < 4.78 is 0.844. The molecule has 0 aromatic carbocycles. The number of primary amides is 1. The number of nitrogens with one attached hydrogen (secondary N) is 1. The second-order valence-electron chi connectivity index (χ2n) is 3.42. The van der Waals surface area contributed by atoms with E-state index in [9.17, 15) is 24.5 Å². The minimum absolute atomic E-state index is 0.340. The minimum Gasteiger partial charge on any atom is -0.351 e. The lowest BCUT2D eigenvalue weighted by Crippen LogP contribution is -2.41. The molecule has 0 unspecified atom stereocenters. The lowest BCUT2D eigenvalue weighted by atomic mass is 10.3. The summed E-state index contributed by atoms with van der Waals surface area (Å²) in [7, 11) is 0. The fourth-order valence-corrected chi connectivity index (χ4v) is 1.25. The molecule has 0 aliphatic carbocycles. The molecule has 0 fully saturated rings. The van der Waals surface area contributed by atoms with Crippen molar-refractivity contribution in [3.05, 3.63) is 38.8 Å². The molecule has 0 bridgehead atoms. The minimum atomic E-state index is -1.09. The normalized spacial score (nSPS) is 11.6. The molecule has 0 aliphatic rings. The van der Waals surface area contributed by atoms with Crippen molar-refractivity contribution in [1.29, 1.82) is 0 Å². The maximum atomic E-state index is 11.5. The average molecular weight is 254 g/mol. The van der Waals surface area contributed by atoms with Gasteiger partial charge in [-0.3, -0.25) is 29.6 Å². The van der Waals surface area contributed by atoms with Gasteiger partial charge in [0.1, 0.15) is 6.04 Å². The van der Waals surface area contributed by atoms with Crippen LogP contribution in [0.1, 0.15) is 13.0 Å². The third-order valence-corrected chi connectivity index (χ3v) is 2.18. The first-order valence-corrected chi connectivity index (χ1v) is 4.80. The number of imide groups is 1. The van der Waals surface area contributed by atoms with Gasteiger partial charge in [0.25, 0.3) is 17.2 Å². The number of nitrogens with two attached hydrogens (primary N) is 1. The Bertz CT molecular complexity index is 564. The van der Waals surface area contributed by atoms with Crippen LogP contribution in [-0.2, 0) is 4.79 Å². The molecule has 9 heteroatoms. The molecule has 1 atom stereocenters. The molecule has 9 nitrogen and oxygen atoms in total. The molecule has 3 amide bonds. The van der Waals surface area contributed by atoms with Gasteiger partial charge in [0.15, 0.2) is 0 Å². The van der Waals surface area contributed by atoms with Gasteiger partial charge in [-0.05, 0) is 6.92 Å². The van der Waals surface area contributed by atoms with Gasteiger partial charge in [-0.25, -0.2) is 4.79 Å². The molecule has 0 aliphatic heterocycles. The van der Waals surface area contributed by atoms with Gasteiger partial charge in [0.05, 0.1) is 11.1 Å². The van der Waals surface area contributed by atoms with Crippen LogP contribution in [0.4, 0.5) is 10.5 Å². The number of urea groups is 1. The number of hydrogen-bond acceptors (Lipinski definition) is 5. The lowest BCUT2D eigenvalue weighted by Gasteiger charge is -2.12. The Hall–Kier alpha value is -2.71. The van der Waals surface area contributed by atoms with E-state index < -0.39 is 28.5 Å². The SMILES string of the molecule is C[C@H](C(=O)NC(N)=O)n1cc([N+](=O)[O-])ccc1=O. The number of aromatic nitrogens is 1. The summed E-state index contributed by atoms with van der Waals surface area (Å²) in [6, 6.07) is -0.167. The van der Waals surface area contributed by atoms with Gasteiger partial charge in [0.2, 0.25) is 0 Å². The van der Waals surface area contributed by atoms with Gasteiger partial charge < -0.3 is 5.73 Å². The smallest absolute Gasteiger partial charge is 0.318 e. The quantitative estimate of drug-likeness (QED) is 0.553. The van der Waals surface area contributed by atoms with Crippen molar-refractivity contribution in [2.24, 2.45) is 5.73 Å². The Balaban J connectivity index is 3.12. The highest BCUT2D eigenvalue weighted by Crippen LogP contribution is 2.10. The van der Waals surface area contributed by atoms with Crippen molar-refractivity contribution in [3.8, 4) is 0 Å². The predicted molar refractivity (Wildman–Crippen MR) is 59.8 cm³/mol. The van der Waals surface area contributed by atoms with Crippen LogP contribution in [0.2, 0.25) is 0 Å². The molecule has 3 N–H and O–H groups in total. The Kier molecular flexibility index (Phi) is 3.77. The number of hydrogen-bond donors (Lipinski definition) is 2. The summed E-state index contributed by atoms with van der Waals surface area (Å²) in [5, 5.41) is 12.3. The number of carbonyl (C=O) groups excluding carboxylic acids is 2. The summed E-state index contributed by atoms with van der Waals surface area (Å²) in [5.74, 6) is -0.829. The molecule has 1 rings (SSSR count). The van der Waals surface area contributed by atoms with Crippen molar-refractivity contribution in [2.75, 3.05) is 0 Å². The van der Waals surface area contributed by atoms with Crippen LogP contribution < -0.4 is 16.6 Å². The summed E-state index contributed by atoms with van der Waals surface area (Å²) in [5.41, 5.74) is 3.82. The molecule has 1 aromatic rings. The van der Waals surface area contributed by atoms with Crippen molar-refractivity contribution >= 4 is 17.6 Å². The fraction of sp³-hybridized carbons (Fsp3) is 0.222. The van der Waals surface area contributed by atoms with Crippen molar-refractivity contribution < 1.29 is 14.5 Å². The van der Waals surface area contributed by atoms with E-state index in [1.54, 1.807) is 5.32 Å². The van der Waals surface area contributed by atoms with Gasteiger partial charge in [0, 0.05) is 12.1 Å². The van der Waals surface area contributed by atoms with E-state index in [1.807, 2.05) is 0 Å². The number of nitrogens with zero attached hydrogens (tertiary/aromatic N) is 2. The largest absolute Gasteiger partial charge is 0.351 e. The summed E-state index contributed by atoms with van der Waals surface area (Å²) in [6.45, 7) is 1.31. The zero-order chi connectivity index (χ0) is 13.9. The van der Waals surface area contributed by atoms with E-state index in [4.69, 9.17) is 5.73 Å². The molecule has 96 valence electrons. The van der Waals surface area contributed by atoms with Crippen LogP contribution in [0.5, 0.6) is 0 Å². The molecule has 0 saturated carbocycles. The first-order valence-electron chi connectivity index (χ1n) is 4.80. The van der Waals surface area contributed by atoms with Crippen LogP contribution in [-0.4, -0.2) is 21.4 Å². The second-order valence-corrected chi connectivity index (χ2v) is 3.42. The Labute approximate surface area is 100 Å². The van der Waals surface area contributed by atoms with Crippen molar-refractivity contribution in [2.45, 2.75) is 13.0 Å². The fourth-order valence-electron chi connectivity index (χ4n) is 1.25. The van der Waals surface area contributed by atoms with E-state index in [0.29, 0.717) is 0 Å². The van der Waals surface area contributed by atoms with Gasteiger partial charge >= 0.3 is 6.03 Å². The zero-order valence-corrected chi connectivity index (χ0v) is 9.32. The highest BCUT2D eigenvalue weighted by atomic mass is 16.6. The van der Waals surface area contributed by atoms with Crippen LogP contribution in [0.15, 0.2) is 23.1 Å². The number of amides is 3. The Morgan fingerprint density at radius 1 is 1.50 bits per heavy atom. The van der Waals surface area contributed by atoms with Crippen LogP contribution in [0.25, 0.3) is 0 Å². The summed E-state index contributed by atoms with van der Waals surface area (Å²) >= 11 is 0. The predicted octanol–water partition coefficient (Wildman–Crippen LogP) is -0.488. The maximum Gasteiger partial charge on any atom is 0.318 e. The van der Waals surface area contributed by atoms with Crippen LogP contribution in [0, 0.1) is 10.1 Å². The topological polar surface area (TPSA) is 137 Å². The van der Waals surface area contributed by atoms with E-state index in [2.05, 4.69) is 0 Å². The van der Waals surface area contributed by atoms with E-state index in [1.165, 1.54) is 6.92 Å². The van der Waals surface area contributed by atoms with E-state index >= 15 is 0 Å². The van der Waals surface area contributed by atoms with Gasteiger partial charge in [-0.15, -0.1) is 0 Å². The zero-order valence-electron chi connectivity index (χ0n) is 9.32. The summed E-state index contributed by atoms with van der Waals surface area (Å²) in [4.78, 5) is 43.3. The average Bonchev–Trinajstić information content (AvgIpc) is 2.27. The van der Waals surface area contributed by atoms with E-state index in [-0.39, 0.29) is 5.69 Å². The second kappa shape index (κ2) is 5.08. The first kappa shape index (κ1) is 13.4. The van der Waals surface area contributed by atoms with Crippen molar-refractivity contribution in [1.82, 2.24) is 9.88 Å². The number of pyridine rings is 1. The number of carbonyl (C=O) groups is 2. The standard InChI is InChI=1S/C9H10N4O5/c1-5(8(15)11-9(10)16)12-4-6(13(17)18)2-3-7(12)14/h2-5H,1H3,(H3,10,11,15,16)/t5-/m1/s1. The number of nitro groups is 1. The number of rotatable bonds is 3. The molecule has 0 saturated heterocycles. The molecule has 0 radical (unpaired) electrons. The Morgan fingerprint density at radius 3 is 2.61 bits per heavy atom. The lowest BCUT2D eigenvalue weighted by molar-refractivity contribution is -0.385. The highest BCUT2D eigenvalue weighted by Gasteiger charge is 2.19. The first-order chi connectivity index (χ1) is 8.32. The monoisotopic (exact) mass is 254 g/mol. The van der Waals surface area contributed by atoms with E-state index in [0.717, 1.165) is 22.9 Å². The third-order valence-electron chi connectivity index (χ3n) is 2.18. The Morgan fingerprint density at radius 2 is 2.11 bits per heavy atom. The molecular weight excluding hydrogens is 244 g/mol. The summed E-state index contributed by atoms with van der Waals surface area (Å²) in [6.07, 6.45) is 0.924.